The van der Waals surface area contributed by atoms with Crippen LogP contribution in [0.1, 0.15) is 22.3 Å². The molecule has 2 N–H and O–H groups in total. The van der Waals surface area contributed by atoms with Crippen LogP contribution in [0.3, 0.4) is 0 Å². The predicted octanol–water partition coefficient (Wildman–Crippen LogP) is 3.01. The molecule has 2 aromatic rings. The number of rotatable bonds is 7. The van der Waals surface area contributed by atoms with E-state index in [2.05, 4.69) is 15.9 Å². The van der Waals surface area contributed by atoms with Crippen LogP contribution in [0.2, 0.25) is 0 Å². The van der Waals surface area contributed by atoms with Gasteiger partial charge in [0.05, 0.1) is 5.56 Å². The molecular weight excluding hydrogens is 356 g/mol. The van der Waals surface area contributed by atoms with Gasteiger partial charge < -0.3 is 10.6 Å². The van der Waals surface area contributed by atoms with Crippen molar-refractivity contribution in [1.82, 2.24) is 4.90 Å². The first-order chi connectivity index (χ1) is 11.1. The van der Waals surface area contributed by atoms with Crippen molar-refractivity contribution >= 4 is 27.7 Å². The van der Waals surface area contributed by atoms with Gasteiger partial charge in [-0.3, -0.25) is 9.59 Å². The zero-order valence-electron chi connectivity index (χ0n) is 12.7. The van der Waals surface area contributed by atoms with E-state index in [0.29, 0.717) is 18.7 Å². The van der Waals surface area contributed by atoms with Gasteiger partial charge in [-0.05, 0) is 40.0 Å². The summed E-state index contributed by atoms with van der Waals surface area (Å²) < 4.78 is 0.744. The van der Waals surface area contributed by atoms with E-state index in [9.17, 15) is 9.59 Å². The Balaban J connectivity index is 2.11. The summed E-state index contributed by atoms with van der Waals surface area (Å²) >= 11 is 3.40. The minimum Gasteiger partial charge on any atom is -0.370 e. The third-order valence-corrected chi connectivity index (χ3v) is 4.22. The van der Waals surface area contributed by atoms with Crippen molar-refractivity contribution < 1.29 is 9.59 Å². The molecule has 0 aromatic heterocycles. The summed E-state index contributed by atoms with van der Waals surface area (Å²) in [5.74, 6) is -0.510. The maximum Gasteiger partial charge on any atom is 0.255 e. The third kappa shape index (κ3) is 5.21. The second-order valence-electron chi connectivity index (χ2n) is 5.22. The fourth-order valence-corrected chi connectivity index (χ4v) is 2.73. The minimum absolute atomic E-state index is 0.102. The number of halogens is 1. The first-order valence-electron chi connectivity index (χ1n) is 7.44. The normalized spacial score (nSPS) is 10.3. The lowest BCUT2D eigenvalue weighted by Crippen LogP contribution is -2.35. The molecule has 4 nitrogen and oxygen atoms in total. The first kappa shape index (κ1) is 17.2. The molecule has 0 aliphatic heterocycles. The molecule has 2 rings (SSSR count). The van der Waals surface area contributed by atoms with Crippen molar-refractivity contribution in [1.29, 1.82) is 0 Å². The van der Waals surface area contributed by atoms with Gasteiger partial charge in [0.25, 0.3) is 5.91 Å². The van der Waals surface area contributed by atoms with Crippen LogP contribution in [0.25, 0.3) is 0 Å². The second kappa shape index (κ2) is 8.48. The number of nitrogens with zero attached hydrogens (tertiary/aromatic N) is 1. The Bertz CT molecular complexity index is 674. The van der Waals surface area contributed by atoms with Crippen molar-refractivity contribution in [3.63, 3.8) is 0 Å². The number of amides is 2. The molecule has 0 unspecified atom stereocenters. The molecule has 2 aromatic carbocycles. The molecule has 0 radical (unpaired) electrons. The highest BCUT2D eigenvalue weighted by Gasteiger charge is 2.18. The van der Waals surface area contributed by atoms with E-state index >= 15 is 0 Å². The molecule has 120 valence electrons. The maximum absolute atomic E-state index is 12.7. The van der Waals surface area contributed by atoms with E-state index in [4.69, 9.17) is 5.73 Å². The molecule has 0 aliphatic rings. The van der Waals surface area contributed by atoms with Crippen LogP contribution < -0.4 is 5.73 Å². The van der Waals surface area contributed by atoms with Gasteiger partial charge in [-0.15, -0.1) is 0 Å². The smallest absolute Gasteiger partial charge is 0.255 e. The summed E-state index contributed by atoms with van der Waals surface area (Å²) in [6.07, 6.45) is 0.890. The van der Waals surface area contributed by atoms with Crippen LogP contribution in [0, 0.1) is 0 Å². The summed E-state index contributed by atoms with van der Waals surface area (Å²) in [5.41, 5.74) is 6.97. The molecule has 5 heteroatoms. The van der Waals surface area contributed by atoms with Crippen LogP contribution in [-0.4, -0.2) is 29.8 Å². The topological polar surface area (TPSA) is 63.4 Å². The lowest BCUT2D eigenvalue weighted by molar-refractivity contribution is -0.118. The predicted molar refractivity (Wildman–Crippen MR) is 94.0 cm³/mol. The van der Waals surface area contributed by atoms with E-state index in [0.717, 1.165) is 16.5 Å². The van der Waals surface area contributed by atoms with Crippen LogP contribution in [-0.2, 0) is 11.2 Å². The highest BCUT2D eigenvalue weighted by Crippen LogP contribution is 2.18. The third-order valence-electron chi connectivity index (χ3n) is 3.53. The molecule has 23 heavy (non-hydrogen) atoms. The van der Waals surface area contributed by atoms with E-state index in [1.807, 2.05) is 48.5 Å². The van der Waals surface area contributed by atoms with Gasteiger partial charge in [-0.25, -0.2) is 0 Å². The number of carbonyl (C=O) groups excluding carboxylic acids is 2. The number of hydrogen-bond donors (Lipinski definition) is 1. The number of nitrogens with two attached hydrogens (primary N) is 1. The lowest BCUT2D eigenvalue weighted by atomic mass is 10.1. The summed E-state index contributed by atoms with van der Waals surface area (Å²) in [6, 6.07) is 17.2. The Morgan fingerprint density at radius 2 is 1.61 bits per heavy atom. The molecule has 2 amide bonds. The molecule has 0 bridgehead atoms. The van der Waals surface area contributed by atoms with Gasteiger partial charge in [-0.2, -0.15) is 0 Å². The highest BCUT2D eigenvalue weighted by atomic mass is 79.9. The number of primary amides is 1. The van der Waals surface area contributed by atoms with Gasteiger partial charge in [-0.1, -0.05) is 42.5 Å². The van der Waals surface area contributed by atoms with E-state index in [-0.39, 0.29) is 12.3 Å². The van der Waals surface area contributed by atoms with Crippen LogP contribution >= 0.6 is 15.9 Å². The summed E-state index contributed by atoms with van der Waals surface area (Å²) in [6.45, 7) is 0.861. The average Bonchev–Trinajstić information content (AvgIpc) is 2.55. The van der Waals surface area contributed by atoms with Crippen LogP contribution in [0.4, 0.5) is 0 Å². The number of carbonyl (C=O) groups is 2. The average molecular weight is 375 g/mol. The minimum atomic E-state index is -0.408. The van der Waals surface area contributed by atoms with E-state index in [1.165, 1.54) is 0 Å². The zero-order chi connectivity index (χ0) is 16.7. The molecule has 0 saturated heterocycles. The molecule has 0 spiro atoms. The van der Waals surface area contributed by atoms with Crippen molar-refractivity contribution in [2.75, 3.05) is 13.1 Å². The van der Waals surface area contributed by atoms with Crippen molar-refractivity contribution in [2.45, 2.75) is 12.8 Å². The Kier molecular flexibility index (Phi) is 6.35. The Labute approximate surface area is 144 Å². The molecule has 0 saturated carbocycles. The lowest BCUT2D eigenvalue weighted by Gasteiger charge is -2.23. The summed E-state index contributed by atoms with van der Waals surface area (Å²) in [4.78, 5) is 25.5. The highest BCUT2D eigenvalue weighted by molar-refractivity contribution is 9.10. The Hall–Kier alpha value is -2.14. The van der Waals surface area contributed by atoms with Gasteiger partial charge in [0.15, 0.2) is 0 Å². The molecule has 0 fully saturated rings. The standard InChI is InChI=1S/C18H19BrN2O2/c19-16-9-5-4-8-15(16)18(23)21(13-11-17(20)22)12-10-14-6-2-1-3-7-14/h1-9H,10-13H2,(H2,20,22). The van der Waals surface area contributed by atoms with Crippen molar-refractivity contribution in [2.24, 2.45) is 5.73 Å². The molecule has 0 heterocycles. The van der Waals surface area contributed by atoms with Gasteiger partial charge in [0.1, 0.15) is 0 Å². The fraction of sp³-hybridized carbons (Fsp3) is 0.222. The van der Waals surface area contributed by atoms with E-state index in [1.54, 1.807) is 11.0 Å². The fourth-order valence-electron chi connectivity index (χ4n) is 2.27. The molecule has 0 aliphatic carbocycles. The van der Waals surface area contributed by atoms with Crippen LogP contribution in [0.15, 0.2) is 59.1 Å². The number of benzene rings is 2. The quantitative estimate of drug-likeness (QED) is 0.809. The Morgan fingerprint density at radius 3 is 2.26 bits per heavy atom. The van der Waals surface area contributed by atoms with Gasteiger partial charge in [0, 0.05) is 24.0 Å². The van der Waals surface area contributed by atoms with Gasteiger partial charge >= 0.3 is 0 Å². The monoisotopic (exact) mass is 374 g/mol. The van der Waals surface area contributed by atoms with Crippen molar-refractivity contribution in [3.05, 3.63) is 70.2 Å². The van der Waals surface area contributed by atoms with E-state index < -0.39 is 5.91 Å². The number of hydrogen-bond acceptors (Lipinski definition) is 2. The Morgan fingerprint density at radius 1 is 0.957 bits per heavy atom. The van der Waals surface area contributed by atoms with Crippen molar-refractivity contribution in [3.8, 4) is 0 Å². The summed E-state index contributed by atoms with van der Waals surface area (Å²) in [5, 5.41) is 0. The second-order valence-corrected chi connectivity index (χ2v) is 6.08. The molecular formula is C18H19BrN2O2. The van der Waals surface area contributed by atoms with Crippen LogP contribution in [0.5, 0.6) is 0 Å². The molecule has 0 atom stereocenters. The first-order valence-corrected chi connectivity index (χ1v) is 8.23. The van der Waals surface area contributed by atoms with Gasteiger partial charge in [0.2, 0.25) is 5.91 Å². The maximum atomic E-state index is 12.7. The zero-order valence-corrected chi connectivity index (χ0v) is 14.3. The summed E-state index contributed by atoms with van der Waals surface area (Å²) in [7, 11) is 0. The SMILES string of the molecule is NC(=O)CCN(CCc1ccccc1)C(=O)c1ccccc1Br. The largest absolute Gasteiger partial charge is 0.370 e.